The molecule has 0 bridgehead atoms. The summed E-state index contributed by atoms with van der Waals surface area (Å²) in [5, 5.41) is 16.4. The van der Waals surface area contributed by atoms with Crippen LogP contribution in [-0.2, 0) is 6.54 Å². The summed E-state index contributed by atoms with van der Waals surface area (Å²) in [4.78, 5) is 13.3. The van der Waals surface area contributed by atoms with E-state index in [1.165, 1.54) is 4.90 Å². The Morgan fingerprint density at radius 1 is 1.44 bits per heavy atom. The van der Waals surface area contributed by atoms with Crippen LogP contribution in [0.1, 0.15) is 16.1 Å². The van der Waals surface area contributed by atoms with Crippen LogP contribution in [0, 0.1) is 0 Å². The molecule has 0 saturated heterocycles. The largest absolute Gasteiger partial charge is 0.508 e. The highest BCUT2D eigenvalue weighted by atomic mass is 16.6. The Labute approximate surface area is 103 Å². The number of aromatic nitrogens is 2. The van der Waals surface area contributed by atoms with Gasteiger partial charge in [0.25, 0.3) is 5.91 Å². The van der Waals surface area contributed by atoms with E-state index in [0.717, 1.165) is 0 Å². The number of nitrogen functional groups attached to an aromatic ring is 1. The Morgan fingerprint density at radius 2 is 2.17 bits per heavy atom. The molecule has 94 valence electrons. The zero-order valence-electron chi connectivity index (χ0n) is 9.70. The van der Waals surface area contributed by atoms with Gasteiger partial charge in [-0.3, -0.25) is 4.79 Å². The zero-order valence-corrected chi connectivity index (χ0v) is 9.70. The molecule has 1 amide bonds. The number of hydrogen-bond acceptors (Lipinski definition) is 6. The Hall–Kier alpha value is -2.57. The minimum atomic E-state index is -0.419. The van der Waals surface area contributed by atoms with Gasteiger partial charge in [-0.15, -0.1) is 0 Å². The molecule has 2 rings (SSSR count). The molecule has 0 atom stereocenters. The Kier molecular flexibility index (Phi) is 3.13. The van der Waals surface area contributed by atoms with Crippen molar-refractivity contribution < 1.29 is 14.5 Å². The molecule has 0 saturated carbocycles. The van der Waals surface area contributed by atoms with Crippen LogP contribution in [0.15, 0.2) is 28.9 Å². The van der Waals surface area contributed by atoms with Gasteiger partial charge >= 0.3 is 0 Å². The topological polar surface area (TPSA) is 105 Å². The van der Waals surface area contributed by atoms with Crippen molar-refractivity contribution in [1.29, 1.82) is 0 Å². The van der Waals surface area contributed by atoms with E-state index in [1.807, 2.05) is 0 Å². The third-order valence-electron chi connectivity index (χ3n) is 2.46. The molecule has 3 N–H and O–H groups in total. The van der Waals surface area contributed by atoms with Crippen molar-refractivity contribution in [3.8, 4) is 5.75 Å². The summed E-state index contributed by atoms with van der Waals surface area (Å²) < 4.78 is 4.37. The van der Waals surface area contributed by atoms with Gasteiger partial charge in [0.1, 0.15) is 5.75 Å². The second kappa shape index (κ2) is 4.74. The Bertz CT molecular complexity index is 567. The van der Waals surface area contributed by atoms with Crippen molar-refractivity contribution in [3.63, 3.8) is 0 Å². The molecule has 0 aliphatic rings. The van der Waals surface area contributed by atoms with Crippen LogP contribution < -0.4 is 5.73 Å². The lowest BCUT2D eigenvalue weighted by Gasteiger charge is -2.16. The standard InChI is InChI=1S/C11H12N4O3/c1-15(6-7-4-2-3-5-8(7)16)11(17)9-10(12)14-18-13-9/h2-5,16H,6H2,1H3,(H2,12,14). The predicted octanol–water partition coefficient (Wildman–Crippen LogP) is 0.630. The fourth-order valence-corrected chi connectivity index (χ4v) is 1.50. The number of amides is 1. The van der Waals surface area contributed by atoms with Crippen LogP contribution in [-0.4, -0.2) is 33.3 Å². The number of para-hydroxylation sites is 1. The number of carbonyl (C=O) groups excluding carboxylic acids is 1. The maximum absolute atomic E-state index is 11.9. The normalized spacial score (nSPS) is 10.3. The number of rotatable bonds is 3. The van der Waals surface area contributed by atoms with Gasteiger partial charge in [-0.05, 0) is 16.4 Å². The van der Waals surface area contributed by atoms with E-state index < -0.39 is 5.91 Å². The van der Waals surface area contributed by atoms with E-state index in [2.05, 4.69) is 14.9 Å². The second-order valence-electron chi connectivity index (χ2n) is 3.79. The molecule has 1 heterocycles. The highest BCUT2D eigenvalue weighted by Crippen LogP contribution is 2.18. The van der Waals surface area contributed by atoms with Gasteiger partial charge in [-0.1, -0.05) is 18.2 Å². The molecule has 0 radical (unpaired) electrons. The van der Waals surface area contributed by atoms with Gasteiger partial charge in [0.05, 0.1) is 0 Å². The molecule has 0 aliphatic heterocycles. The Morgan fingerprint density at radius 3 is 2.78 bits per heavy atom. The second-order valence-corrected chi connectivity index (χ2v) is 3.79. The maximum Gasteiger partial charge on any atom is 0.280 e. The summed E-state index contributed by atoms with van der Waals surface area (Å²) in [6.45, 7) is 0.234. The molecule has 1 aromatic heterocycles. The number of nitrogens with two attached hydrogens (primary N) is 1. The fourth-order valence-electron chi connectivity index (χ4n) is 1.50. The highest BCUT2D eigenvalue weighted by Gasteiger charge is 2.20. The quantitative estimate of drug-likeness (QED) is 0.825. The molecule has 0 fully saturated rings. The van der Waals surface area contributed by atoms with Crippen LogP contribution in [0.3, 0.4) is 0 Å². The van der Waals surface area contributed by atoms with Crippen molar-refractivity contribution in [2.45, 2.75) is 6.54 Å². The minimum absolute atomic E-state index is 0.0343. The predicted molar refractivity (Wildman–Crippen MR) is 62.6 cm³/mol. The molecule has 7 heteroatoms. The summed E-state index contributed by atoms with van der Waals surface area (Å²) in [6, 6.07) is 6.77. The number of hydrogen-bond donors (Lipinski definition) is 2. The first kappa shape index (κ1) is 11.9. The summed E-state index contributed by atoms with van der Waals surface area (Å²) in [5.41, 5.74) is 6.03. The number of anilines is 1. The van der Waals surface area contributed by atoms with Crippen LogP contribution in [0.5, 0.6) is 5.75 Å². The van der Waals surface area contributed by atoms with Gasteiger partial charge in [0.2, 0.25) is 11.5 Å². The van der Waals surface area contributed by atoms with Gasteiger partial charge in [0, 0.05) is 19.2 Å². The lowest BCUT2D eigenvalue weighted by molar-refractivity contribution is 0.0774. The van der Waals surface area contributed by atoms with E-state index in [4.69, 9.17) is 5.73 Å². The summed E-state index contributed by atoms with van der Waals surface area (Å²) >= 11 is 0. The van der Waals surface area contributed by atoms with Crippen LogP contribution in [0.4, 0.5) is 5.82 Å². The van der Waals surface area contributed by atoms with Crippen molar-refractivity contribution in [3.05, 3.63) is 35.5 Å². The fraction of sp³-hybridized carbons (Fsp3) is 0.182. The number of benzene rings is 1. The van der Waals surface area contributed by atoms with Gasteiger partial charge < -0.3 is 15.7 Å². The maximum atomic E-state index is 11.9. The zero-order chi connectivity index (χ0) is 13.1. The lowest BCUT2D eigenvalue weighted by Crippen LogP contribution is -2.27. The first-order valence-electron chi connectivity index (χ1n) is 5.20. The number of phenolic OH excluding ortho intramolecular Hbond substituents is 1. The number of nitrogens with zero attached hydrogens (tertiary/aromatic N) is 3. The minimum Gasteiger partial charge on any atom is -0.508 e. The van der Waals surface area contributed by atoms with E-state index >= 15 is 0 Å². The molecule has 0 spiro atoms. The van der Waals surface area contributed by atoms with Gasteiger partial charge in [-0.25, -0.2) is 4.63 Å². The van der Waals surface area contributed by atoms with Crippen LogP contribution >= 0.6 is 0 Å². The van der Waals surface area contributed by atoms with E-state index in [1.54, 1.807) is 31.3 Å². The monoisotopic (exact) mass is 248 g/mol. The SMILES string of the molecule is CN(Cc1ccccc1O)C(=O)c1nonc1N. The van der Waals surface area contributed by atoms with Gasteiger partial charge in [-0.2, -0.15) is 0 Å². The van der Waals surface area contributed by atoms with E-state index in [-0.39, 0.29) is 23.8 Å². The highest BCUT2D eigenvalue weighted by molar-refractivity contribution is 5.95. The summed E-state index contributed by atoms with van der Waals surface area (Å²) in [5.74, 6) is -0.343. The molecule has 0 unspecified atom stereocenters. The molecule has 2 aromatic rings. The number of aromatic hydroxyl groups is 1. The van der Waals surface area contributed by atoms with Crippen molar-refractivity contribution in [2.75, 3.05) is 12.8 Å². The van der Waals surface area contributed by atoms with Crippen molar-refractivity contribution in [2.24, 2.45) is 0 Å². The average molecular weight is 248 g/mol. The van der Waals surface area contributed by atoms with E-state index in [0.29, 0.717) is 5.56 Å². The lowest BCUT2D eigenvalue weighted by atomic mass is 10.2. The molecule has 0 aliphatic carbocycles. The summed E-state index contributed by atoms with van der Waals surface area (Å²) in [6.07, 6.45) is 0. The third-order valence-corrected chi connectivity index (χ3v) is 2.46. The molecule has 1 aromatic carbocycles. The van der Waals surface area contributed by atoms with Gasteiger partial charge in [0.15, 0.2) is 0 Å². The smallest absolute Gasteiger partial charge is 0.280 e. The molecule has 18 heavy (non-hydrogen) atoms. The number of phenols is 1. The van der Waals surface area contributed by atoms with E-state index in [9.17, 15) is 9.90 Å². The third kappa shape index (κ3) is 2.24. The van der Waals surface area contributed by atoms with Crippen LogP contribution in [0.25, 0.3) is 0 Å². The average Bonchev–Trinajstić information content (AvgIpc) is 2.77. The summed E-state index contributed by atoms with van der Waals surface area (Å²) in [7, 11) is 1.57. The molecular formula is C11H12N4O3. The molecular weight excluding hydrogens is 236 g/mol. The Balaban J connectivity index is 2.14. The van der Waals surface area contributed by atoms with Crippen LogP contribution in [0.2, 0.25) is 0 Å². The first-order chi connectivity index (χ1) is 8.59. The number of carbonyl (C=O) groups is 1. The van der Waals surface area contributed by atoms with Crippen molar-refractivity contribution >= 4 is 11.7 Å². The molecule has 7 nitrogen and oxygen atoms in total. The first-order valence-corrected chi connectivity index (χ1v) is 5.20. The van der Waals surface area contributed by atoms with Crippen molar-refractivity contribution in [1.82, 2.24) is 15.2 Å².